The van der Waals surface area contributed by atoms with Gasteiger partial charge in [-0.2, -0.15) is 0 Å². The van der Waals surface area contributed by atoms with E-state index in [1.165, 1.54) is 71.3 Å². The summed E-state index contributed by atoms with van der Waals surface area (Å²) in [6, 6.07) is 48.3. The van der Waals surface area contributed by atoms with Gasteiger partial charge >= 0.3 is 0 Å². The van der Waals surface area contributed by atoms with Crippen LogP contribution in [0.25, 0.3) is 98.8 Å². The van der Waals surface area contributed by atoms with E-state index >= 15 is 0 Å². The highest BCUT2D eigenvalue weighted by Crippen LogP contribution is 2.55. The predicted molar refractivity (Wildman–Crippen MR) is 193 cm³/mol. The zero-order chi connectivity index (χ0) is 29.6. The Morgan fingerprint density at radius 3 is 1.84 bits per heavy atom. The number of hydrogen-bond donors (Lipinski definition) is 0. The SMILES string of the molecule is Brc1cc2c(-c3cccc4ccccc34)c3c(nc2c2ncccc12)-c1ccc(-c2cccc4ccccc24)c2cccc-3c12. The van der Waals surface area contributed by atoms with Gasteiger partial charge < -0.3 is 0 Å². The molecule has 0 amide bonds. The van der Waals surface area contributed by atoms with E-state index in [4.69, 9.17) is 9.97 Å². The molecule has 9 aromatic rings. The molecule has 0 radical (unpaired) electrons. The van der Waals surface area contributed by atoms with Gasteiger partial charge in [0.15, 0.2) is 0 Å². The molecular formula is C42H23BrN2. The lowest BCUT2D eigenvalue weighted by Crippen LogP contribution is -1.95. The lowest BCUT2D eigenvalue weighted by atomic mass is 9.88. The van der Waals surface area contributed by atoms with Crippen LogP contribution in [0.1, 0.15) is 0 Å². The maximum Gasteiger partial charge on any atom is 0.0979 e. The molecule has 2 aromatic heterocycles. The minimum atomic E-state index is 0.908. The van der Waals surface area contributed by atoms with Crippen LogP contribution in [0, 0.1) is 0 Å². The molecule has 0 aliphatic heterocycles. The Bertz CT molecular complexity index is 2720. The Kier molecular flexibility index (Phi) is 5.17. The van der Waals surface area contributed by atoms with Crippen molar-refractivity contribution in [2.24, 2.45) is 0 Å². The molecule has 1 aliphatic carbocycles. The summed E-state index contributed by atoms with van der Waals surface area (Å²) in [4.78, 5) is 10.4. The van der Waals surface area contributed by atoms with Gasteiger partial charge in [-0.15, -0.1) is 0 Å². The van der Waals surface area contributed by atoms with Crippen molar-refractivity contribution in [1.82, 2.24) is 9.97 Å². The van der Waals surface area contributed by atoms with Crippen LogP contribution in [-0.4, -0.2) is 9.97 Å². The first-order valence-corrected chi connectivity index (χ1v) is 16.0. The Morgan fingerprint density at radius 1 is 0.422 bits per heavy atom. The zero-order valence-corrected chi connectivity index (χ0v) is 25.6. The third-order valence-electron chi connectivity index (χ3n) is 9.50. The Hall–Kier alpha value is -5.38. The van der Waals surface area contributed by atoms with Crippen LogP contribution >= 0.6 is 15.9 Å². The van der Waals surface area contributed by atoms with Crippen molar-refractivity contribution < 1.29 is 0 Å². The van der Waals surface area contributed by atoms with E-state index in [0.29, 0.717) is 0 Å². The number of pyridine rings is 2. The number of rotatable bonds is 2. The minimum Gasteiger partial charge on any atom is -0.254 e. The van der Waals surface area contributed by atoms with Crippen molar-refractivity contribution >= 4 is 70.1 Å². The molecule has 2 heterocycles. The summed E-state index contributed by atoms with van der Waals surface area (Å²) in [5.74, 6) is 0. The van der Waals surface area contributed by atoms with E-state index in [-0.39, 0.29) is 0 Å². The van der Waals surface area contributed by atoms with Crippen molar-refractivity contribution in [3.05, 3.63) is 144 Å². The summed E-state index contributed by atoms with van der Waals surface area (Å²) in [6.45, 7) is 0. The molecule has 10 rings (SSSR count). The van der Waals surface area contributed by atoms with Crippen molar-refractivity contribution in [2.45, 2.75) is 0 Å². The van der Waals surface area contributed by atoms with Gasteiger partial charge in [0.05, 0.1) is 16.7 Å². The number of fused-ring (bicyclic) bond motifs is 8. The Balaban J connectivity index is 1.38. The molecule has 0 N–H and O–H groups in total. The van der Waals surface area contributed by atoms with E-state index in [1.54, 1.807) is 0 Å². The largest absolute Gasteiger partial charge is 0.254 e. The van der Waals surface area contributed by atoms with Gasteiger partial charge in [-0.05, 0) is 66.7 Å². The maximum atomic E-state index is 5.50. The monoisotopic (exact) mass is 634 g/mol. The molecular weight excluding hydrogens is 612 g/mol. The quantitative estimate of drug-likeness (QED) is 0.177. The Labute approximate surface area is 267 Å². The third-order valence-corrected chi connectivity index (χ3v) is 10.2. The summed E-state index contributed by atoms with van der Waals surface area (Å²) in [6.07, 6.45) is 1.87. The van der Waals surface area contributed by atoms with Gasteiger partial charge in [-0.3, -0.25) is 4.98 Å². The first-order valence-electron chi connectivity index (χ1n) is 15.2. The van der Waals surface area contributed by atoms with Gasteiger partial charge in [0.2, 0.25) is 0 Å². The van der Waals surface area contributed by atoms with E-state index in [2.05, 4.69) is 143 Å². The molecule has 1 aliphatic rings. The van der Waals surface area contributed by atoms with Crippen LogP contribution in [0.15, 0.2) is 144 Å². The number of nitrogens with zero attached hydrogens (tertiary/aromatic N) is 2. The van der Waals surface area contributed by atoms with Crippen LogP contribution in [0.4, 0.5) is 0 Å². The summed E-state index contributed by atoms with van der Waals surface area (Å²) in [5.41, 5.74) is 11.4. The third kappa shape index (κ3) is 3.44. The fourth-order valence-corrected chi connectivity index (χ4v) is 8.15. The number of benzene rings is 7. The molecule has 208 valence electrons. The van der Waals surface area contributed by atoms with Crippen LogP contribution in [0.5, 0.6) is 0 Å². The molecule has 7 aromatic carbocycles. The van der Waals surface area contributed by atoms with Crippen LogP contribution in [0.2, 0.25) is 0 Å². The Morgan fingerprint density at radius 2 is 1.02 bits per heavy atom. The highest BCUT2D eigenvalue weighted by Gasteiger charge is 2.30. The highest BCUT2D eigenvalue weighted by molar-refractivity contribution is 9.10. The number of aromatic nitrogens is 2. The zero-order valence-electron chi connectivity index (χ0n) is 24.1. The second-order valence-electron chi connectivity index (χ2n) is 11.8. The van der Waals surface area contributed by atoms with E-state index < -0.39 is 0 Å². The normalized spacial score (nSPS) is 12.1. The maximum absolute atomic E-state index is 5.50. The standard InChI is InChI=1S/C42H23BrN2/c43-36-23-35-38(30-16-6-12-25-10-2-4-14-27(25)30)39-33-18-7-17-31-29(28-15-5-11-24-9-1-3-13-26(24)28)20-21-34(37(31)33)40(39)45-42(35)41-32(36)19-8-22-44-41/h1-23H. The molecule has 0 bridgehead atoms. The average molecular weight is 636 g/mol. The summed E-state index contributed by atoms with van der Waals surface area (Å²) in [5, 5.41) is 9.63. The first kappa shape index (κ1) is 25.0. The molecule has 2 nitrogen and oxygen atoms in total. The number of hydrogen-bond acceptors (Lipinski definition) is 2. The lowest BCUT2D eigenvalue weighted by Gasteiger charge is -2.17. The predicted octanol–water partition coefficient (Wildman–Crippen LogP) is 12.0. The second-order valence-corrected chi connectivity index (χ2v) is 12.7. The molecule has 0 spiro atoms. The average Bonchev–Trinajstić information content (AvgIpc) is 3.42. The summed E-state index contributed by atoms with van der Waals surface area (Å²) in [7, 11) is 0. The van der Waals surface area contributed by atoms with E-state index in [1.807, 2.05) is 12.3 Å². The van der Waals surface area contributed by atoms with Crippen molar-refractivity contribution in [3.8, 4) is 44.6 Å². The molecule has 45 heavy (non-hydrogen) atoms. The fraction of sp³-hybridized carbons (Fsp3) is 0. The van der Waals surface area contributed by atoms with Gasteiger partial charge in [0.1, 0.15) is 0 Å². The van der Waals surface area contributed by atoms with Crippen molar-refractivity contribution in [2.75, 3.05) is 0 Å². The molecule has 0 saturated carbocycles. The lowest BCUT2D eigenvalue weighted by molar-refractivity contribution is 1.38. The van der Waals surface area contributed by atoms with E-state index in [9.17, 15) is 0 Å². The summed E-state index contributed by atoms with van der Waals surface area (Å²) < 4.78 is 1.02. The topological polar surface area (TPSA) is 25.8 Å². The minimum absolute atomic E-state index is 0.908. The molecule has 0 saturated heterocycles. The highest BCUT2D eigenvalue weighted by atomic mass is 79.9. The molecule has 0 atom stereocenters. The number of halogens is 1. The van der Waals surface area contributed by atoms with E-state index in [0.717, 1.165) is 32.0 Å². The smallest absolute Gasteiger partial charge is 0.0979 e. The first-order chi connectivity index (χ1) is 22.3. The van der Waals surface area contributed by atoms with Gasteiger partial charge in [0, 0.05) is 38.1 Å². The fourth-order valence-electron chi connectivity index (χ4n) is 7.60. The van der Waals surface area contributed by atoms with Crippen LogP contribution < -0.4 is 0 Å². The van der Waals surface area contributed by atoms with Crippen LogP contribution in [0.3, 0.4) is 0 Å². The molecule has 0 unspecified atom stereocenters. The van der Waals surface area contributed by atoms with Crippen molar-refractivity contribution in [3.63, 3.8) is 0 Å². The van der Waals surface area contributed by atoms with Gasteiger partial charge in [-0.25, -0.2) is 4.98 Å². The summed E-state index contributed by atoms with van der Waals surface area (Å²) >= 11 is 3.90. The van der Waals surface area contributed by atoms with Gasteiger partial charge in [-0.1, -0.05) is 137 Å². The van der Waals surface area contributed by atoms with Gasteiger partial charge in [0.25, 0.3) is 0 Å². The van der Waals surface area contributed by atoms with Crippen LogP contribution in [-0.2, 0) is 0 Å². The molecule has 0 fully saturated rings. The molecule has 3 heteroatoms. The van der Waals surface area contributed by atoms with Crippen molar-refractivity contribution in [1.29, 1.82) is 0 Å². The second kappa shape index (κ2) is 9.31.